The van der Waals surface area contributed by atoms with Gasteiger partial charge in [0.2, 0.25) is 0 Å². The van der Waals surface area contributed by atoms with Crippen LogP contribution in [0.1, 0.15) is 60.3 Å². The lowest BCUT2D eigenvalue weighted by Gasteiger charge is -2.48. The van der Waals surface area contributed by atoms with Gasteiger partial charge in [-0.1, -0.05) is 34.6 Å². The summed E-state index contributed by atoms with van der Waals surface area (Å²) in [6.07, 6.45) is 11.4. The van der Waals surface area contributed by atoms with Crippen molar-refractivity contribution in [1.29, 1.82) is 0 Å². The molecular weight excluding hydrogens is 246 g/mol. The van der Waals surface area contributed by atoms with E-state index < -0.39 is 0 Å². The van der Waals surface area contributed by atoms with Gasteiger partial charge in [0.05, 0.1) is 11.7 Å². The largest absolute Gasteiger partial charge is 0.384 e. The minimum absolute atomic E-state index is 0.423. The zero-order chi connectivity index (χ0) is 14.8. The van der Waals surface area contributed by atoms with Gasteiger partial charge in [0.15, 0.2) is 0 Å². The zero-order valence-electron chi connectivity index (χ0n) is 13.8. The number of hydrogen-bond acceptors (Lipinski definition) is 3. The SMILES string of the molecule is CCCNC1=CNN(C2CC(C)(C)CC(C)(C)C2)C=C1. The van der Waals surface area contributed by atoms with Crippen molar-refractivity contribution in [3.05, 3.63) is 24.2 Å². The number of allylic oxidation sites excluding steroid dienone is 1. The highest BCUT2D eigenvalue weighted by Crippen LogP contribution is 2.47. The lowest BCUT2D eigenvalue weighted by Crippen LogP contribution is -2.49. The minimum atomic E-state index is 0.423. The average molecular weight is 277 g/mol. The molecular formula is C17H31N3. The topological polar surface area (TPSA) is 27.3 Å². The summed E-state index contributed by atoms with van der Waals surface area (Å²) >= 11 is 0. The van der Waals surface area contributed by atoms with Crippen molar-refractivity contribution in [3.63, 3.8) is 0 Å². The van der Waals surface area contributed by atoms with Gasteiger partial charge in [-0.3, -0.25) is 5.01 Å². The van der Waals surface area contributed by atoms with Crippen molar-refractivity contribution >= 4 is 0 Å². The first-order chi connectivity index (χ1) is 9.31. The third-order valence-electron chi connectivity index (χ3n) is 4.29. The van der Waals surface area contributed by atoms with Crippen molar-refractivity contribution in [2.75, 3.05) is 6.54 Å². The molecule has 0 saturated heterocycles. The molecule has 1 heterocycles. The Bertz CT molecular complexity index is 377. The fourth-order valence-electron chi connectivity index (χ4n) is 3.99. The molecule has 1 saturated carbocycles. The maximum absolute atomic E-state index is 3.45. The van der Waals surface area contributed by atoms with E-state index in [-0.39, 0.29) is 0 Å². The molecule has 0 spiro atoms. The summed E-state index contributed by atoms with van der Waals surface area (Å²) in [6.45, 7) is 12.8. The second kappa shape index (κ2) is 5.71. The number of nitrogens with one attached hydrogen (secondary N) is 2. The highest BCUT2D eigenvalue weighted by Gasteiger charge is 2.40. The molecule has 20 heavy (non-hydrogen) atoms. The van der Waals surface area contributed by atoms with Gasteiger partial charge < -0.3 is 10.7 Å². The summed E-state index contributed by atoms with van der Waals surface area (Å²) < 4.78 is 0. The Labute approximate surface area is 124 Å². The van der Waals surface area contributed by atoms with Gasteiger partial charge in [-0.15, -0.1) is 0 Å². The van der Waals surface area contributed by atoms with Gasteiger partial charge in [0, 0.05) is 18.9 Å². The van der Waals surface area contributed by atoms with E-state index in [0.29, 0.717) is 16.9 Å². The van der Waals surface area contributed by atoms with Gasteiger partial charge in [0.25, 0.3) is 0 Å². The van der Waals surface area contributed by atoms with Crippen molar-refractivity contribution in [1.82, 2.24) is 15.8 Å². The molecule has 0 bridgehead atoms. The molecule has 0 aromatic carbocycles. The first-order valence-electron chi connectivity index (χ1n) is 7.98. The molecule has 114 valence electrons. The van der Waals surface area contributed by atoms with Crippen LogP contribution in [-0.2, 0) is 0 Å². The second-order valence-corrected chi connectivity index (χ2v) is 7.95. The summed E-state index contributed by atoms with van der Waals surface area (Å²) in [4.78, 5) is 0. The lowest BCUT2D eigenvalue weighted by molar-refractivity contribution is 0.0306. The van der Waals surface area contributed by atoms with E-state index >= 15 is 0 Å². The summed E-state index contributed by atoms with van der Waals surface area (Å²) in [6, 6.07) is 0.578. The van der Waals surface area contributed by atoms with Crippen LogP contribution in [0.25, 0.3) is 0 Å². The Hall–Kier alpha value is -1.12. The fraction of sp³-hybridized carbons (Fsp3) is 0.765. The maximum atomic E-state index is 3.45. The highest BCUT2D eigenvalue weighted by molar-refractivity contribution is 5.19. The molecule has 0 aromatic heterocycles. The summed E-state index contributed by atoms with van der Waals surface area (Å²) in [5.41, 5.74) is 5.47. The predicted octanol–water partition coefficient (Wildman–Crippen LogP) is 3.77. The van der Waals surface area contributed by atoms with Crippen LogP contribution in [0.4, 0.5) is 0 Å². The summed E-state index contributed by atoms with van der Waals surface area (Å²) in [5.74, 6) is 0. The Kier molecular flexibility index (Phi) is 4.36. The van der Waals surface area contributed by atoms with Gasteiger partial charge >= 0.3 is 0 Å². The first-order valence-corrected chi connectivity index (χ1v) is 7.98. The number of hydrogen-bond donors (Lipinski definition) is 2. The normalized spacial score (nSPS) is 25.1. The summed E-state index contributed by atoms with van der Waals surface area (Å²) in [7, 11) is 0. The van der Waals surface area contributed by atoms with Crippen LogP contribution in [0.3, 0.4) is 0 Å². The molecule has 0 aromatic rings. The molecule has 2 N–H and O–H groups in total. The van der Waals surface area contributed by atoms with Crippen molar-refractivity contribution in [3.8, 4) is 0 Å². The van der Waals surface area contributed by atoms with Crippen LogP contribution >= 0.6 is 0 Å². The van der Waals surface area contributed by atoms with Gasteiger partial charge in [-0.2, -0.15) is 0 Å². The Morgan fingerprint density at radius 2 is 1.90 bits per heavy atom. The quantitative estimate of drug-likeness (QED) is 0.819. The Morgan fingerprint density at radius 1 is 1.25 bits per heavy atom. The van der Waals surface area contributed by atoms with Crippen molar-refractivity contribution < 1.29 is 0 Å². The van der Waals surface area contributed by atoms with Crippen LogP contribution in [0.5, 0.6) is 0 Å². The number of hydrazine groups is 1. The maximum Gasteiger partial charge on any atom is 0.0534 e. The Morgan fingerprint density at radius 3 is 2.40 bits per heavy atom. The van der Waals surface area contributed by atoms with E-state index in [0.717, 1.165) is 13.0 Å². The van der Waals surface area contributed by atoms with E-state index in [4.69, 9.17) is 0 Å². The Balaban J connectivity index is 1.97. The molecule has 1 aliphatic carbocycles. The number of rotatable bonds is 4. The van der Waals surface area contributed by atoms with E-state index in [9.17, 15) is 0 Å². The summed E-state index contributed by atoms with van der Waals surface area (Å²) in [5, 5.41) is 5.70. The van der Waals surface area contributed by atoms with Gasteiger partial charge in [0.1, 0.15) is 0 Å². The first kappa shape index (κ1) is 15.3. The standard InChI is InChI=1S/C17H31N3/c1-6-8-18-14-7-9-20(19-12-14)15-10-16(2,3)13-17(4,5)11-15/h7,9,12,15,18-19H,6,8,10-11,13H2,1-5H3. The van der Waals surface area contributed by atoms with Crippen LogP contribution in [0.2, 0.25) is 0 Å². The van der Waals surface area contributed by atoms with Crippen LogP contribution in [0, 0.1) is 10.8 Å². The van der Waals surface area contributed by atoms with E-state index in [1.807, 2.05) is 0 Å². The van der Waals surface area contributed by atoms with Crippen LogP contribution < -0.4 is 10.7 Å². The lowest BCUT2D eigenvalue weighted by atomic mass is 9.63. The smallest absolute Gasteiger partial charge is 0.0534 e. The van der Waals surface area contributed by atoms with Crippen LogP contribution in [-0.4, -0.2) is 17.6 Å². The van der Waals surface area contributed by atoms with Gasteiger partial charge in [-0.05, 0) is 42.6 Å². The average Bonchev–Trinajstić information content (AvgIpc) is 2.33. The third-order valence-corrected chi connectivity index (χ3v) is 4.29. The monoisotopic (exact) mass is 277 g/mol. The molecule has 2 rings (SSSR count). The molecule has 1 aliphatic heterocycles. The van der Waals surface area contributed by atoms with Crippen molar-refractivity contribution in [2.45, 2.75) is 66.3 Å². The minimum Gasteiger partial charge on any atom is -0.384 e. The zero-order valence-corrected chi connectivity index (χ0v) is 13.8. The molecule has 3 heteroatoms. The molecule has 1 fully saturated rings. The molecule has 0 atom stereocenters. The van der Waals surface area contributed by atoms with E-state index in [1.54, 1.807) is 0 Å². The molecule has 0 radical (unpaired) electrons. The van der Waals surface area contributed by atoms with Gasteiger partial charge in [-0.25, -0.2) is 0 Å². The predicted molar refractivity (Wildman–Crippen MR) is 85.7 cm³/mol. The fourth-order valence-corrected chi connectivity index (χ4v) is 3.99. The second-order valence-electron chi connectivity index (χ2n) is 7.95. The van der Waals surface area contributed by atoms with E-state index in [1.165, 1.54) is 25.0 Å². The highest BCUT2D eigenvalue weighted by atomic mass is 15.5. The number of nitrogens with zero attached hydrogens (tertiary/aromatic N) is 1. The van der Waals surface area contributed by atoms with Crippen LogP contribution in [0.15, 0.2) is 24.2 Å². The molecule has 0 amide bonds. The van der Waals surface area contributed by atoms with E-state index in [2.05, 4.69) is 68.8 Å². The molecule has 0 unspecified atom stereocenters. The van der Waals surface area contributed by atoms with Crippen molar-refractivity contribution in [2.24, 2.45) is 10.8 Å². The third kappa shape index (κ3) is 3.94. The molecule has 2 aliphatic rings. The molecule has 3 nitrogen and oxygen atoms in total.